The van der Waals surface area contributed by atoms with Crippen LogP contribution in [0.25, 0.3) is 6.08 Å². The van der Waals surface area contributed by atoms with Crippen LogP contribution in [0.4, 0.5) is 0 Å². The van der Waals surface area contributed by atoms with Gasteiger partial charge in [-0.1, -0.05) is 60.7 Å². The molecule has 26 heavy (non-hydrogen) atoms. The Morgan fingerprint density at radius 1 is 1.08 bits per heavy atom. The van der Waals surface area contributed by atoms with Crippen LogP contribution >= 0.6 is 0 Å². The second-order valence-electron chi connectivity index (χ2n) is 5.47. The van der Waals surface area contributed by atoms with E-state index in [0.717, 1.165) is 11.1 Å². The van der Waals surface area contributed by atoms with Gasteiger partial charge in [-0.15, -0.1) is 0 Å². The van der Waals surface area contributed by atoms with Crippen molar-refractivity contribution < 1.29 is 18.4 Å². The van der Waals surface area contributed by atoms with Crippen LogP contribution in [0.2, 0.25) is 0 Å². The second kappa shape index (κ2) is 9.10. The summed E-state index contributed by atoms with van der Waals surface area (Å²) in [4.78, 5) is 11.2. The minimum atomic E-state index is -3.58. The van der Waals surface area contributed by atoms with Crippen LogP contribution < -0.4 is 5.48 Å². The van der Waals surface area contributed by atoms with E-state index < -0.39 is 15.9 Å². The minimum Gasteiger partial charge on any atom is -0.288 e. The number of amides is 1. The maximum Gasteiger partial charge on any atom is 0.267 e. The van der Waals surface area contributed by atoms with Crippen LogP contribution in [0.5, 0.6) is 0 Å². The first-order chi connectivity index (χ1) is 12.4. The third-order valence-corrected chi connectivity index (χ3v) is 5.46. The van der Waals surface area contributed by atoms with Crippen LogP contribution in [0.15, 0.2) is 77.7 Å². The number of rotatable bonds is 7. The molecule has 0 atom stereocenters. The number of nitrogens with one attached hydrogen (secondary N) is 1. The summed E-state index contributed by atoms with van der Waals surface area (Å²) in [6.45, 7) is 0.207. The molecule has 0 spiro atoms. The second-order valence-corrected chi connectivity index (χ2v) is 7.51. The number of hydroxylamine groups is 1. The number of nitrogens with zero attached hydrogens (tertiary/aromatic N) is 1. The van der Waals surface area contributed by atoms with Gasteiger partial charge in [0.1, 0.15) is 0 Å². The number of carbonyl (C=O) groups is 1. The lowest BCUT2D eigenvalue weighted by Crippen LogP contribution is -2.26. The van der Waals surface area contributed by atoms with E-state index in [2.05, 4.69) is 0 Å². The zero-order valence-electron chi connectivity index (χ0n) is 14.2. The van der Waals surface area contributed by atoms with E-state index >= 15 is 0 Å². The number of carbonyl (C=O) groups excluding carboxylic acids is 1. The van der Waals surface area contributed by atoms with Gasteiger partial charge in [-0.05, 0) is 23.3 Å². The van der Waals surface area contributed by atoms with Crippen molar-refractivity contribution in [3.63, 3.8) is 0 Å². The van der Waals surface area contributed by atoms with Gasteiger partial charge in [-0.3, -0.25) is 10.0 Å². The topological polar surface area (TPSA) is 86.7 Å². The predicted molar refractivity (Wildman–Crippen MR) is 99.6 cm³/mol. The number of sulfonamides is 1. The highest BCUT2D eigenvalue weighted by atomic mass is 32.2. The lowest BCUT2D eigenvalue weighted by atomic mass is 10.1. The summed E-state index contributed by atoms with van der Waals surface area (Å²) < 4.78 is 26.6. The lowest BCUT2D eigenvalue weighted by Gasteiger charge is -2.18. The van der Waals surface area contributed by atoms with Crippen molar-refractivity contribution in [2.45, 2.75) is 11.4 Å². The molecule has 0 aromatic heterocycles. The van der Waals surface area contributed by atoms with Crippen molar-refractivity contribution in [1.29, 1.82) is 0 Å². The van der Waals surface area contributed by atoms with Gasteiger partial charge in [-0.25, -0.2) is 13.9 Å². The first kappa shape index (κ1) is 19.6. The van der Waals surface area contributed by atoms with E-state index in [1.165, 1.54) is 29.0 Å². The Labute approximate surface area is 153 Å². The van der Waals surface area contributed by atoms with Crippen LogP contribution in [0.3, 0.4) is 0 Å². The average molecular weight is 372 g/mol. The van der Waals surface area contributed by atoms with Crippen LogP contribution in [0, 0.1) is 0 Å². The Hall–Kier alpha value is -2.74. The Kier molecular flexibility index (Phi) is 6.85. The highest BCUT2D eigenvalue weighted by Gasteiger charge is 2.20. The minimum absolute atomic E-state index is 0.207. The maximum atomic E-state index is 12.6. The molecule has 0 aliphatic carbocycles. The summed E-state index contributed by atoms with van der Waals surface area (Å²) in [6.07, 6.45) is 6.05. The first-order valence-electron chi connectivity index (χ1n) is 7.83. The van der Waals surface area contributed by atoms with Gasteiger partial charge in [0.2, 0.25) is 10.0 Å². The van der Waals surface area contributed by atoms with E-state index in [4.69, 9.17) is 5.21 Å². The predicted octanol–water partition coefficient (Wildman–Crippen LogP) is 2.58. The van der Waals surface area contributed by atoms with Gasteiger partial charge in [0.05, 0.1) is 4.90 Å². The molecule has 0 aliphatic heterocycles. The molecule has 0 heterocycles. The van der Waals surface area contributed by atoms with Crippen molar-refractivity contribution in [2.24, 2.45) is 0 Å². The Morgan fingerprint density at radius 3 is 2.42 bits per heavy atom. The molecule has 7 heteroatoms. The highest BCUT2D eigenvalue weighted by molar-refractivity contribution is 7.89. The smallest absolute Gasteiger partial charge is 0.267 e. The van der Waals surface area contributed by atoms with E-state index in [9.17, 15) is 13.2 Å². The van der Waals surface area contributed by atoms with Gasteiger partial charge in [-0.2, -0.15) is 4.31 Å². The van der Waals surface area contributed by atoms with E-state index in [1.54, 1.807) is 42.5 Å². The monoisotopic (exact) mass is 372 g/mol. The quantitative estimate of drug-likeness (QED) is 0.338. The largest absolute Gasteiger partial charge is 0.288 e. The molecule has 2 aromatic carbocycles. The molecular formula is C19H20N2O4S. The van der Waals surface area contributed by atoms with Gasteiger partial charge in [0.25, 0.3) is 5.91 Å². The molecule has 2 N–H and O–H groups in total. The van der Waals surface area contributed by atoms with E-state index in [0.29, 0.717) is 0 Å². The van der Waals surface area contributed by atoms with Crippen LogP contribution in [-0.4, -0.2) is 30.9 Å². The molecule has 2 rings (SSSR count). The molecule has 0 aliphatic rings. The van der Waals surface area contributed by atoms with Crippen LogP contribution in [0.1, 0.15) is 11.1 Å². The van der Waals surface area contributed by atoms with Crippen molar-refractivity contribution in [1.82, 2.24) is 9.79 Å². The Balaban J connectivity index is 2.18. The third-order valence-electron chi connectivity index (χ3n) is 3.64. The fourth-order valence-electron chi connectivity index (χ4n) is 2.28. The molecular weight excluding hydrogens is 352 g/mol. The van der Waals surface area contributed by atoms with Gasteiger partial charge < -0.3 is 0 Å². The van der Waals surface area contributed by atoms with Gasteiger partial charge in [0.15, 0.2) is 0 Å². The van der Waals surface area contributed by atoms with Gasteiger partial charge >= 0.3 is 0 Å². The average Bonchev–Trinajstić information content (AvgIpc) is 2.66. The fourth-order valence-corrected chi connectivity index (χ4v) is 3.45. The molecule has 6 nitrogen and oxygen atoms in total. The molecule has 0 unspecified atom stereocenters. The molecule has 0 saturated heterocycles. The molecule has 136 valence electrons. The lowest BCUT2D eigenvalue weighted by molar-refractivity contribution is -0.124. The Morgan fingerprint density at radius 2 is 1.73 bits per heavy atom. The first-order valence-corrected chi connectivity index (χ1v) is 9.27. The summed E-state index contributed by atoms with van der Waals surface area (Å²) >= 11 is 0. The zero-order valence-corrected chi connectivity index (χ0v) is 15.1. The third kappa shape index (κ3) is 5.13. The van der Waals surface area contributed by atoms with Gasteiger partial charge in [0, 0.05) is 19.7 Å². The number of benzene rings is 2. The Bertz CT molecular complexity index is 906. The number of allylic oxidation sites excluding steroid dienone is 2. The van der Waals surface area contributed by atoms with Crippen molar-refractivity contribution in [2.75, 3.05) is 7.05 Å². The van der Waals surface area contributed by atoms with E-state index in [-0.39, 0.29) is 11.4 Å². The highest BCUT2D eigenvalue weighted by Crippen LogP contribution is 2.19. The fraction of sp³-hybridized carbons (Fsp3) is 0.105. The SMILES string of the molecule is CN(Cc1ccccc1C=CC=CC(=O)NO)S(=O)(=O)c1ccccc1. The normalized spacial score (nSPS) is 12.1. The summed E-state index contributed by atoms with van der Waals surface area (Å²) in [5.74, 6) is -0.628. The summed E-state index contributed by atoms with van der Waals surface area (Å²) in [6, 6.07) is 15.7. The summed E-state index contributed by atoms with van der Waals surface area (Å²) in [5.41, 5.74) is 3.16. The molecule has 0 fully saturated rings. The molecule has 0 radical (unpaired) electrons. The van der Waals surface area contributed by atoms with E-state index in [1.807, 2.05) is 24.3 Å². The summed E-state index contributed by atoms with van der Waals surface area (Å²) in [7, 11) is -2.04. The van der Waals surface area contributed by atoms with Crippen molar-refractivity contribution in [3.05, 3.63) is 84.0 Å². The molecule has 2 aromatic rings. The number of hydrogen-bond donors (Lipinski definition) is 2. The van der Waals surface area contributed by atoms with Crippen molar-refractivity contribution >= 4 is 22.0 Å². The standard InChI is InChI=1S/C19H20N2O4S/c1-21(26(24,25)18-12-3-2-4-13-18)15-17-11-6-5-9-16(17)10-7-8-14-19(22)20-23/h2-14,23H,15H2,1H3,(H,20,22). The molecule has 1 amide bonds. The summed E-state index contributed by atoms with van der Waals surface area (Å²) in [5, 5.41) is 8.43. The molecule has 0 saturated carbocycles. The molecule has 0 bridgehead atoms. The zero-order chi connectivity index (χ0) is 19.0. The van der Waals surface area contributed by atoms with Crippen molar-refractivity contribution in [3.8, 4) is 0 Å². The van der Waals surface area contributed by atoms with Crippen LogP contribution in [-0.2, 0) is 21.4 Å². The number of hydrogen-bond acceptors (Lipinski definition) is 4. The maximum absolute atomic E-state index is 12.6.